The fourth-order valence-electron chi connectivity index (χ4n) is 5.31. The van der Waals surface area contributed by atoms with Gasteiger partial charge in [0.05, 0.1) is 12.1 Å². The number of hydrogen-bond acceptors (Lipinski definition) is 7. The predicted molar refractivity (Wildman–Crippen MR) is 138 cm³/mol. The van der Waals surface area contributed by atoms with Gasteiger partial charge in [0.15, 0.2) is 11.6 Å². The first-order valence-corrected chi connectivity index (χ1v) is 12.6. The van der Waals surface area contributed by atoms with Gasteiger partial charge in [0.1, 0.15) is 0 Å². The van der Waals surface area contributed by atoms with Crippen molar-refractivity contribution in [3.05, 3.63) is 47.9 Å². The molecule has 2 aromatic rings. The van der Waals surface area contributed by atoms with Crippen LogP contribution in [0.1, 0.15) is 38.7 Å². The number of carbonyl (C=O) groups is 1. The molecule has 6 N–H and O–H groups in total. The average Bonchev–Trinajstić information content (AvgIpc) is 3.47. The molecule has 1 saturated heterocycles. The van der Waals surface area contributed by atoms with Crippen LogP contribution in [0.4, 0.5) is 27.5 Å². The van der Waals surface area contributed by atoms with Crippen molar-refractivity contribution < 1.29 is 9.18 Å². The summed E-state index contributed by atoms with van der Waals surface area (Å²) in [4.78, 5) is 20.4. The van der Waals surface area contributed by atoms with Crippen LogP contribution in [0.15, 0.2) is 36.5 Å². The van der Waals surface area contributed by atoms with Crippen LogP contribution in [-0.2, 0) is 4.79 Å². The summed E-state index contributed by atoms with van der Waals surface area (Å²) < 4.78 is 14.5. The second-order valence-corrected chi connectivity index (χ2v) is 9.26. The Bertz CT molecular complexity index is 1070. The van der Waals surface area contributed by atoms with Crippen LogP contribution in [0.3, 0.4) is 0 Å². The first-order chi connectivity index (χ1) is 17.0. The van der Waals surface area contributed by atoms with E-state index in [-0.39, 0.29) is 41.5 Å². The number of piperidine rings is 1. The topological polar surface area (TPSA) is 117 Å². The van der Waals surface area contributed by atoms with E-state index in [1.165, 1.54) is 0 Å². The first-order valence-electron chi connectivity index (χ1n) is 12.6. The summed E-state index contributed by atoms with van der Waals surface area (Å²) >= 11 is 0. The number of aromatic nitrogens is 2. The van der Waals surface area contributed by atoms with E-state index < -0.39 is 5.82 Å². The van der Waals surface area contributed by atoms with Gasteiger partial charge in [-0.05, 0) is 74.9 Å². The van der Waals surface area contributed by atoms with Gasteiger partial charge in [-0.25, -0.2) is 9.37 Å². The molecular formula is C26H36FN7O. The molecule has 1 amide bonds. The zero-order chi connectivity index (χ0) is 24.9. The molecule has 188 valence electrons. The number of nitrogens with one attached hydrogen (secondary N) is 4. The van der Waals surface area contributed by atoms with Crippen LogP contribution in [-0.4, -0.2) is 41.0 Å². The number of allylic oxidation sites excluding steroid dienone is 1. The zero-order valence-electron chi connectivity index (χ0n) is 20.6. The lowest BCUT2D eigenvalue weighted by Crippen LogP contribution is -2.41. The number of amides is 1. The van der Waals surface area contributed by atoms with Gasteiger partial charge in [-0.15, -0.1) is 0 Å². The SMILES string of the molecule is CC.Cc1cc(Nc2ncc(F)c(NC3C4C=CC(C4)C3C(N)=O)n2)ccc1NC1CCNCC1. The molecular weight excluding hydrogens is 445 g/mol. The van der Waals surface area contributed by atoms with Crippen molar-refractivity contribution in [1.82, 2.24) is 15.3 Å². The maximum absolute atomic E-state index is 14.5. The molecule has 5 rings (SSSR count). The van der Waals surface area contributed by atoms with Gasteiger partial charge in [0.2, 0.25) is 11.9 Å². The number of anilines is 4. The molecule has 35 heavy (non-hydrogen) atoms. The largest absolute Gasteiger partial charge is 0.382 e. The predicted octanol–water partition coefficient (Wildman–Crippen LogP) is 3.95. The molecule has 1 aromatic carbocycles. The first kappa shape index (κ1) is 24.9. The normalized spacial score (nSPS) is 25.0. The molecule has 9 heteroatoms. The van der Waals surface area contributed by atoms with Gasteiger partial charge in [-0.3, -0.25) is 4.79 Å². The molecule has 3 aliphatic rings. The van der Waals surface area contributed by atoms with Crippen molar-refractivity contribution in [1.29, 1.82) is 0 Å². The summed E-state index contributed by atoms with van der Waals surface area (Å²) in [5, 5.41) is 13.3. The Hall–Kier alpha value is -3.20. The highest BCUT2D eigenvalue weighted by molar-refractivity contribution is 5.79. The van der Waals surface area contributed by atoms with E-state index in [0.29, 0.717) is 6.04 Å². The third-order valence-electron chi connectivity index (χ3n) is 7.02. The van der Waals surface area contributed by atoms with Crippen molar-refractivity contribution >= 4 is 29.0 Å². The second-order valence-electron chi connectivity index (χ2n) is 9.26. The van der Waals surface area contributed by atoms with Crippen molar-refractivity contribution in [3.8, 4) is 0 Å². The van der Waals surface area contributed by atoms with Crippen molar-refractivity contribution in [3.63, 3.8) is 0 Å². The van der Waals surface area contributed by atoms with E-state index in [2.05, 4.69) is 44.2 Å². The minimum absolute atomic E-state index is 0.0746. The number of carbonyl (C=O) groups excluding carboxylic acids is 1. The maximum Gasteiger partial charge on any atom is 0.229 e. The lowest BCUT2D eigenvalue weighted by molar-refractivity contribution is -0.122. The summed E-state index contributed by atoms with van der Waals surface area (Å²) in [5.74, 6) is -0.696. The molecule has 4 unspecified atom stereocenters. The van der Waals surface area contributed by atoms with Crippen LogP contribution in [0, 0.1) is 30.5 Å². The molecule has 0 spiro atoms. The molecule has 4 atom stereocenters. The maximum atomic E-state index is 14.5. The highest BCUT2D eigenvalue weighted by Crippen LogP contribution is 2.44. The standard InChI is InChI=1S/C24H30FN7O.C2H6/c1-13-10-17(4-5-19(13)29-16-6-8-27-9-7-16)30-24-28-12-18(25)23(32-24)31-21-15-3-2-14(11-15)20(21)22(26)33;1-2/h2-5,10,12,14-16,20-21,27,29H,6-9,11H2,1H3,(H2,26,33)(H2,28,30,31,32);1-2H3. The molecule has 2 aliphatic carbocycles. The minimum atomic E-state index is -0.562. The lowest BCUT2D eigenvalue weighted by Gasteiger charge is -2.27. The van der Waals surface area contributed by atoms with Crippen LogP contribution in [0.5, 0.6) is 0 Å². The number of aryl methyl sites for hydroxylation is 1. The smallest absolute Gasteiger partial charge is 0.229 e. The third kappa shape index (κ3) is 5.56. The zero-order valence-corrected chi connectivity index (χ0v) is 20.6. The number of primary amides is 1. The molecule has 2 fully saturated rings. The van der Waals surface area contributed by atoms with E-state index in [1.54, 1.807) is 0 Å². The minimum Gasteiger partial charge on any atom is -0.382 e. The molecule has 8 nitrogen and oxygen atoms in total. The number of fused-ring (bicyclic) bond motifs is 2. The number of rotatable bonds is 7. The van der Waals surface area contributed by atoms with Gasteiger partial charge in [0, 0.05) is 23.5 Å². The van der Waals surface area contributed by atoms with Gasteiger partial charge in [-0.2, -0.15) is 4.98 Å². The fourth-order valence-corrected chi connectivity index (χ4v) is 5.31. The second kappa shape index (κ2) is 11.0. The Balaban J connectivity index is 0.00000141. The average molecular weight is 482 g/mol. The van der Waals surface area contributed by atoms with E-state index in [4.69, 9.17) is 5.73 Å². The summed E-state index contributed by atoms with van der Waals surface area (Å²) in [5.41, 5.74) is 8.66. The van der Waals surface area contributed by atoms with Crippen LogP contribution < -0.4 is 27.0 Å². The quantitative estimate of drug-likeness (QED) is 0.380. The summed E-state index contributed by atoms with van der Waals surface area (Å²) in [6.45, 7) is 8.13. The number of nitrogens with two attached hydrogens (primary N) is 1. The van der Waals surface area contributed by atoms with Gasteiger partial charge >= 0.3 is 0 Å². The molecule has 2 bridgehead atoms. The van der Waals surface area contributed by atoms with E-state index >= 15 is 0 Å². The Labute approximate surface area is 206 Å². The summed E-state index contributed by atoms with van der Waals surface area (Å²) in [7, 11) is 0. The Morgan fingerprint density at radius 2 is 1.89 bits per heavy atom. The van der Waals surface area contributed by atoms with E-state index in [1.807, 2.05) is 38.1 Å². The summed E-state index contributed by atoms with van der Waals surface area (Å²) in [6, 6.07) is 6.23. The van der Waals surface area contributed by atoms with Crippen LogP contribution >= 0.6 is 0 Å². The molecule has 2 heterocycles. The monoisotopic (exact) mass is 481 g/mol. The van der Waals surface area contributed by atoms with Gasteiger partial charge in [-0.1, -0.05) is 26.0 Å². The molecule has 1 saturated carbocycles. The van der Waals surface area contributed by atoms with Crippen LogP contribution in [0.25, 0.3) is 0 Å². The van der Waals surface area contributed by atoms with Crippen molar-refractivity contribution in [2.75, 3.05) is 29.0 Å². The number of halogens is 1. The number of nitrogens with zero attached hydrogens (tertiary/aromatic N) is 2. The molecule has 1 aromatic heterocycles. The molecule has 0 radical (unpaired) electrons. The molecule has 1 aliphatic heterocycles. The Morgan fingerprint density at radius 1 is 1.14 bits per heavy atom. The van der Waals surface area contributed by atoms with Gasteiger partial charge in [0.25, 0.3) is 0 Å². The number of hydrogen-bond donors (Lipinski definition) is 5. The van der Waals surface area contributed by atoms with Crippen LogP contribution in [0.2, 0.25) is 0 Å². The van der Waals surface area contributed by atoms with E-state index in [0.717, 1.165) is 55.5 Å². The van der Waals surface area contributed by atoms with Crippen molar-refractivity contribution in [2.24, 2.45) is 23.5 Å². The summed E-state index contributed by atoms with van der Waals surface area (Å²) in [6.07, 6.45) is 8.30. The highest BCUT2D eigenvalue weighted by Gasteiger charge is 2.47. The Kier molecular flexibility index (Phi) is 7.85. The van der Waals surface area contributed by atoms with Crippen molar-refractivity contribution in [2.45, 2.75) is 52.1 Å². The highest BCUT2D eigenvalue weighted by atomic mass is 19.1. The Morgan fingerprint density at radius 3 is 2.60 bits per heavy atom. The van der Waals surface area contributed by atoms with Gasteiger partial charge < -0.3 is 27.0 Å². The third-order valence-corrected chi connectivity index (χ3v) is 7.02. The van der Waals surface area contributed by atoms with E-state index in [9.17, 15) is 9.18 Å². The number of benzene rings is 1. The fraction of sp³-hybridized carbons (Fsp3) is 0.500. The lowest BCUT2D eigenvalue weighted by atomic mass is 9.88.